The van der Waals surface area contributed by atoms with Gasteiger partial charge in [0.1, 0.15) is 11.6 Å². The Hall–Kier alpha value is -2.11. The lowest BCUT2D eigenvalue weighted by atomic mass is 10.3. The smallest absolute Gasteiger partial charge is 0.146 e. The second-order valence-corrected chi connectivity index (χ2v) is 3.70. The lowest BCUT2D eigenvalue weighted by molar-refractivity contribution is 0.742. The van der Waals surface area contributed by atoms with Crippen molar-refractivity contribution in [3.8, 4) is 0 Å². The van der Waals surface area contributed by atoms with E-state index in [1.165, 1.54) is 0 Å². The van der Waals surface area contributed by atoms with Crippen molar-refractivity contribution in [1.82, 2.24) is 19.7 Å². The number of rotatable bonds is 5. The molecular formula is C11H16N6. The van der Waals surface area contributed by atoms with Crippen LogP contribution in [0.15, 0.2) is 24.7 Å². The predicted octanol–water partition coefficient (Wildman–Crippen LogP) is 0.906. The summed E-state index contributed by atoms with van der Waals surface area (Å²) in [5.74, 6) is 1.53. The molecular weight excluding hydrogens is 216 g/mol. The molecule has 6 heteroatoms. The van der Waals surface area contributed by atoms with Crippen molar-refractivity contribution < 1.29 is 0 Å². The first-order chi connectivity index (χ1) is 8.28. The Bertz CT molecular complexity index is 478. The molecule has 2 heterocycles. The van der Waals surface area contributed by atoms with Crippen molar-refractivity contribution in [2.24, 2.45) is 7.05 Å². The molecule has 0 amide bonds. The molecule has 90 valence electrons. The lowest BCUT2D eigenvalue weighted by Gasteiger charge is -2.05. The Labute approximate surface area is 100 Å². The Morgan fingerprint density at radius 1 is 1.29 bits per heavy atom. The van der Waals surface area contributed by atoms with Crippen LogP contribution in [0.1, 0.15) is 5.69 Å². The molecule has 0 aliphatic carbocycles. The summed E-state index contributed by atoms with van der Waals surface area (Å²) in [7, 11) is 3.74. The summed E-state index contributed by atoms with van der Waals surface area (Å²) in [5, 5.41) is 10.5. The fourth-order valence-electron chi connectivity index (χ4n) is 1.49. The molecule has 2 rings (SSSR count). The standard InChI is InChI=1S/C11H16N6/c1-12-10-7-13-8-11(15-10)14-5-3-9-4-6-17(2)16-9/h4,6-8H,3,5H2,1-2H3,(H2,12,14,15). The number of hydrogen-bond acceptors (Lipinski definition) is 5. The molecule has 0 unspecified atom stereocenters. The zero-order valence-corrected chi connectivity index (χ0v) is 10.0. The van der Waals surface area contributed by atoms with Gasteiger partial charge >= 0.3 is 0 Å². The van der Waals surface area contributed by atoms with Crippen LogP contribution in [0.3, 0.4) is 0 Å². The number of hydrogen-bond donors (Lipinski definition) is 2. The van der Waals surface area contributed by atoms with E-state index in [0.717, 1.165) is 30.3 Å². The number of nitrogens with one attached hydrogen (secondary N) is 2. The van der Waals surface area contributed by atoms with E-state index in [1.807, 2.05) is 26.4 Å². The first kappa shape index (κ1) is 11.4. The van der Waals surface area contributed by atoms with Gasteiger partial charge < -0.3 is 10.6 Å². The molecule has 0 saturated heterocycles. The van der Waals surface area contributed by atoms with Crippen LogP contribution in [-0.2, 0) is 13.5 Å². The molecule has 2 N–H and O–H groups in total. The molecule has 2 aromatic heterocycles. The molecule has 0 atom stereocenters. The number of nitrogens with zero attached hydrogens (tertiary/aromatic N) is 4. The fourth-order valence-corrected chi connectivity index (χ4v) is 1.49. The van der Waals surface area contributed by atoms with E-state index in [2.05, 4.69) is 25.7 Å². The molecule has 0 fully saturated rings. The minimum atomic E-state index is 0.757. The molecule has 0 radical (unpaired) electrons. The summed E-state index contributed by atoms with van der Waals surface area (Å²) in [4.78, 5) is 8.40. The van der Waals surface area contributed by atoms with Crippen molar-refractivity contribution in [3.05, 3.63) is 30.4 Å². The first-order valence-electron chi connectivity index (χ1n) is 5.50. The highest BCUT2D eigenvalue weighted by Gasteiger charge is 1.99. The minimum Gasteiger partial charge on any atom is -0.372 e. The van der Waals surface area contributed by atoms with Crippen LogP contribution in [0.5, 0.6) is 0 Å². The highest BCUT2D eigenvalue weighted by atomic mass is 15.2. The third kappa shape index (κ3) is 3.17. The average Bonchev–Trinajstić information content (AvgIpc) is 2.75. The zero-order chi connectivity index (χ0) is 12.1. The van der Waals surface area contributed by atoms with Crippen molar-refractivity contribution in [2.75, 3.05) is 24.2 Å². The van der Waals surface area contributed by atoms with Gasteiger partial charge in [0.05, 0.1) is 18.1 Å². The number of aryl methyl sites for hydroxylation is 1. The molecule has 0 bridgehead atoms. The van der Waals surface area contributed by atoms with Crippen LogP contribution in [0.2, 0.25) is 0 Å². The fraction of sp³-hybridized carbons (Fsp3) is 0.364. The monoisotopic (exact) mass is 232 g/mol. The van der Waals surface area contributed by atoms with Gasteiger partial charge in [-0.25, -0.2) is 4.98 Å². The highest BCUT2D eigenvalue weighted by molar-refractivity contribution is 5.40. The van der Waals surface area contributed by atoms with Gasteiger partial charge in [0, 0.05) is 33.3 Å². The van der Waals surface area contributed by atoms with Crippen molar-refractivity contribution >= 4 is 11.6 Å². The van der Waals surface area contributed by atoms with E-state index in [1.54, 1.807) is 17.1 Å². The SMILES string of the molecule is CNc1cncc(NCCc2ccn(C)n2)n1. The van der Waals surface area contributed by atoms with E-state index < -0.39 is 0 Å². The normalized spacial score (nSPS) is 10.2. The van der Waals surface area contributed by atoms with Crippen molar-refractivity contribution in [1.29, 1.82) is 0 Å². The molecule has 6 nitrogen and oxygen atoms in total. The van der Waals surface area contributed by atoms with Gasteiger partial charge in [0.25, 0.3) is 0 Å². The van der Waals surface area contributed by atoms with Crippen LogP contribution >= 0.6 is 0 Å². The number of aromatic nitrogens is 4. The van der Waals surface area contributed by atoms with Crippen LogP contribution in [0.25, 0.3) is 0 Å². The minimum absolute atomic E-state index is 0.757. The van der Waals surface area contributed by atoms with E-state index in [9.17, 15) is 0 Å². The average molecular weight is 232 g/mol. The third-order valence-corrected chi connectivity index (χ3v) is 2.35. The van der Waals surface area contributed by atoms with Gasteiger partial charge in [-0.1, -0.05) is 0 Å². The van der Waals surface area contributed by atoms with Gasteiger partial charge in [-0.2, -0.15) is 5.10 Å². The van der Waals surface area contributed by atoms with E-state index >= 15 is 0 Å². The van der Waals surface area contributed by atoms with Crippen molar-refractivity contribution in [3.63, 3.8) is 0 Å². The van der Waals surface area contributed by atoms with Gasteiger partial charge in [0.15, 0.2) is 0 Å². The van der Waals surface area contributed by atoms with E-state index in [4.69, 9.17) is 0 Å². The van der Waals surface area contributed by atoms with Crippen LogP contribution in [0, 0.1) is 0 Å². The third-order valence-electron chi connectivity index (χ3n) is 2.35. The maximum atomic E-state index is 4.32. The zero-order valence-electron chi connectivity index (χ0n) is 10.0. The molecule has 0 saturated carbocycles. The van der Waals surface area contributed by atoms with Crippen molar-refractivity contribution in [2.45, 2.75) is 6.42 Å². The van der Waals surface area contributed by atoms with Crippen LogP contribution in [-0.4, -0.2) is 33.3 Å². The summed E-state index contributed by atoms with van der Waals surface area (Å²) < 4.78 is 1.80. The van der Waals surface area contributed by atoms with Crippen LogP contribution < -0.4 is 10.6 Å². The predicted molar refractivity (Wildman–Crippen MR) is 67.0 cm³/mol. The Balaban J connectivity index is 1.85. The summed E-state index contributed by atoms with van der Waals surface area (Å²) in [6.07, 6.45) is 6.20. The quantitative estimate of drug-likeness (QED) is 0.802. The van der Waals surface area contributed by atoms with Gasteiger partial charge in [0.2, 0.25) is 0 Å². The largest absolute Gasteiger partial charge is 0.372 e. The van der Waals surface area contributed by atoms with E-state index in [0.29, 0.717) is 0 Å². The first-order valence-corrected chi connectivity index (χ1v) is 5.50. The second-order valence-electron chi connectivity index (χ2n) is 3.70. The summed E-state index contributed by atoms with van der Waals surface area (Å²) in [6, 6.07) is 2.01. The highest BCUT2D eigenvalue weighted by Crippen LogP contribution is 2.05. The molecule has 0 aliphatic rings. The van der Waals surface area contributed by atoms with Gasteiger partial charge in [-0.05, 0) is 6.07 Å². The molecule has 0 aliphatic heterocycles. The van der Waals surface area contributed by atoms with E-state index in [-0.39, 0.29) is 0 Å². The maximum Gasteiger partial charge on any atom is 0.146 e. The molecule has 0 aromatic carbocycles. The second kappa shape index (κ2) is 5.29. The summed E-state index contributed by atoms with van der Waals surface area (Å²) in [6.45, 7) is 0.791. The van der Waals surface area contributed by atoms with Crippen LogP contribution in [0.4, 0.5) is 11.6 Å². The molecule has 0 spiro atoms. The van der Waals surface area contributed by atoms with Gasteiger partial charge in [-0.3, -0.25) is 9.67 Å². The molecule has 2 aromatic rings. The van der Waals surface area contributed by atoms with Gasteiger partial charge in [-0.15, -0.1) is 0 Å². The Morgan fingerprint density at radius 3 is 2.82 bits per heavy atom. The Morgan fingerprint density at radius 2 is 2.12 bits per heavy atom. The number of anilines is 2. The lowest BCUT2D eigenvalue weighted by Crippen LogP contribution is -2.08. The Kier molecular flexibility index (Phi) is 3.54. The summed E-state index contributed by atoms with van der Waals surface area (Å²) >= 11 is 0. The molecule has 17 heavy (non-hydrogen) atoms. The maximum absolute atomic E-state index is 4.32. The topological polar surface area (TPSA) is 67.7 Å². The summed E-state index contributed by atoms with van der Waals surface area (Å²) in [5.41, 5.74) is 1.07.